The number of carbonyl (C=O) groups excluding carboxylic acids is 1. The summed E-state index contributed by atoms with van der Waals surface area (Å²) in [5.74, 6) is 0.282. The first kappa shape index (κ1) is 15.7. The highest BCUT2D eigenvalue weighted by Gasteiger charge is 2.25. The predicted octanol–water partition coefficient (Wildman–Crippen LogP) is 2.84. The van der Waals surface area contributed by atoms with Crippen molar-refractivity contribution in [3.63, 3.8) is 0 Å². The van der Waals surface area contributed by atoms with E-state index in [2.05, 4.69) is 0 Å². The monoisotopic (exact) mass is 302 g/mol. The molecule has 2 aromatic carbocycles. The van der Waals surface area contributed by atoms with Gasteiger partial charge in [-0.05, 0) is 5.56 Å². The van der Waals surface area contributed by atoms with Crippen LogP contribution < -0.4 is 14.2 Å². The molecule has 0 saturated heterocycles. The Kier molecular flexibility index (Phi) is 4.88. The van der Waals surface area contributed by atoms with Gasteiger partial charge in [0.2, 0.25) is 5.75 Å². The molecule has 0 fully saturated rings. The number of Topliss-reactive ketones (excluding diaryl/α,β-unsaturated/α-hetero) is 1. The van der Waals surface area contributed by atoms with Gasteiger partial charge in [-0.2, -0.15) is 0 Å². The number of rotatable bonds is 6. The molecule has 0 aliphatic heterocycles. The lowest BCUT2D eigenvalue weighted by atomic mass is 10.0. The number of hydrogen-bond donors (Lipinski definition) is 1. The first-order valence-electron chi connectivity index (χ1n) is 6.71. The molecule has 116 valence electrons. The fourth-order valence-electron chi connectivity index (χ4n) is 2.28. The maximum Gasteiger partial charge on any atom is 0.204 e. The van der Waals surface area contributed by atoms with Crippen LogP contribution in [-0.4, -0.2) is 32.2 Å². The number of benzene rings is 2. The fraction of sp³-hybridized carbons (Fsp3) is 0.235. The Balaban J connectivity index is 2.47. The lowest BCUT2D eigenvalue weighted by Crippen LogP contribution is -2.08. The molecule has 0 radical (unpaired) electrons. The third-order valence-corrected chi connectivity index (χ3v) is 3.30. The van der Waals surface area contributed by atoms with Crippen LogP contribution in [0.4, 0.5) is 0 Å². The summed E-state index contributed by atoms with van der Waals surface area (Å²) in [5, 5.41) is 10.2. The fourth-order valence-corrected chi connectivity index (χ4v) is 2.28. The van der Waals surface area contributed by atoms with Crippen LogP contribution in [0.3, 0.4) is 0 Å². The van der Waals surface area contributed by atoms with Crippen LogP contribution in [0.15, 0.2) is 36.4 Å². The predicted molar refractivity (Wildman–Crippen MR) is 82.2 cm³/mol. The summed E-state index contributed by atoms with van der Waals surface area (Å²) >= 11 is 0. The smallest absolute Gasteiger partial charge is 0.204 e. The van der Waals surface area contributed by atoms with Gasteiger partial charge >= 0.3 is 0 Å². The third kappa shape index (κ3) is 2.98. The van der Waals surface area contributed by atoms with Gasteiger partial charge in [0.05, 0.1) is 21.3 Å². The Morgan fingerprint density at radius 3 is 2.18 bits per heavy atom. The van der Waals surface area contributed by atoms with Crippen molar-refractivity contribution < 1.29 is 24.1 Å². The van der Waals surface area contributed by atoms with E-state index in [0.29, 0.717) is 5.75 Å². The first-order chi connectivity index (χ1) is 10.6. The van der Waals surface area contributed by atoms with Gasteiger partial charge in [0.25, 0.3) is 0 Å². The molecule has 5 nitrogen and oxygen atoms in total. The summed E-state index contributed by atoms with van der Waals surface area (Å²) < 4.78 is 15.6. The van der Waals surface area contributed by atoms with Crippen molar-refractivity contribution >= 4 is 5.78 Å². The molecule has 0 aliphatic rings. The Bertz CT molecular complexity index is 664. The molecule has 0 heterocycles. The number of phenols is 1. The van der Waals surface area contributed by atoms with Gasteiger partial charge in [-0.15, -0.1) is 0 Å². The van der Waals surface area contributed by atoms with E-state index in [-0.39, 0.29) is 35.0 Å². The second-order valence-electron chi connectivity index (χ2n) is 4.63. The number of methoxy groups -OCH3 is 3. The van der Waals surface area contributed by atoms with Gasteiger partial charge in [0.15, 0.2) is 17.3 Å². The first-order valence-corrected chi connectivity index (χ1v) is 6.71. The molecule has 0 bridgehead atoms. The standard InChI is InChI=1S/C17H18O5/c1-20-14-10-13(19)15(17(22-3)16(14)21-2)12(18)9-11-7-5-4-6-8-11/h4-8,10,19H,9H2,1-3H3. The van der Waals surface area contributed by atoms with Crippen molar-refractivity contribution in [3.8, 4) is 23.0 Å². The minimum atomic E-state index is -0.262. The average molecular weight is 302 g/mol. The molecule has 0 aliphatic carbocycles. The summed E-state index contributed by atoms with van der Waals surface area (Å²) in [5.41, 5.74) is 0.938. The van der Waals surface area contributed by atoms with Gasteiger partial charge in [-0.3, -0.25) is 4.79 Å². The molecular formula is C17H18O5. The van der Waals surface area contributed by atoms with Crippen molar-refractivity contribution in [2.24, 2.45) is 0 Å². The number of aromatic hydroxyl groups is 1. The number of ketones is 1. The summed E-state index contributed by atoms with van der Waals surface area (Å²) in [6.45, 7) is 0. The number of hydrogen-bond acceptors (Lipinski definition) is 5. The molecule has 0 saturated carbocycles. The van der Waals surface area contributed by atoms with E-state index < -0.39 is 0 Å². The van der Waals surface area contributed by atoms with Crippen LogP contribution in [0, 0.1) is 0 Å². The molecule has 0 atom stereocenters. The molecular weight excluding hydrogens is 284 g/mol. The van der Waals surface area contributed by atoms with Crippen molar-refractivity contribution in [2.75, 3.05) is 21.3 Å². The van der Waals surface area contributed by atoms with Crippen molar-refractivity contribution in [1.82, 2.24) is 0 Å². The zero-order chi connectivity index (χ0) is 16.1. The number of ether oxygens (including phenoxy) is 3. The maximum absolute atomic E-state index is 12.5. The largest absolute Gasteiger partial charge is 0.507 e. The summed E-state index contributed by atoms with van der Waals surface area (Å²) in [7, 11) is 4.31. The van der Waals surface area contributed by atoms with Crippen LogP contribution in [0.25, 0.3) is 0 Å². The number of phenolic OH excluding ortho intramolecular Hbond substituents is 1. The van der Waals surface area contributed by atoms with E-state index in [0.717, 1.165) is 5.56 Å². The molecule has 5 heteroatoms. The Morgan fingerprint density at radius 2 is 1.64 bits per heavy atom. The van der Waals surface area contributed by atoms with Crippen LogP contribution in [-0.2, 0) is 6.42 Å². The van der Waals surface area contributed by atoms with Gasteiger partial charge in [-0.25, -0.2) is 0 Å². The van der Waals surface area contributed by atoms with Crippen LogP contribution >= 0.6 is 0 Å². The summed E-state index contributed by atoms with van der Waals surface area (Å²) in [6, 6.07) is 10.6. The van der Waals surface area contributed by atoms with Gasteiger partial charge in [0, 0.05) is 12.5 Å². The Morgan fingerprint density at radius 1 is 1.00 bits per heavy atom. The average Bonchev–Trinajstić information content (AvgIpc) is 2.54. The lowest BCUT2D eigenvalue weighted by Gasteiger charge is -2.16. The highest BCUT2D eigenvalue weighted by atomic mass is 16.5. The van der Waals surface area contributed by atoms with Crippen molar-refractivity contribution in [2.45, 2.75) is 6.42 Å². The van der Waals surface area contributed by atoms with E-state index in [9.17, 15) is 9.90 Å². The Hall–Kier alpha value is -2.69. The second-order valence-corrected chi connectivity index (χ2v) is 4.63. The molecule has 0 spiro atoms. The normalized spacial score (nSPS) is 10.1. The lowest BCUT2D eigenvalue weighted by molar-refractivity contribution is 0.0986. The van der Waals surface area contributed by atoms with Crippen LogP contribution in [0.5, 0.6) is 23.0 Å². The SMILES string of the molecule is COc1cc(O)c(C(=O)Cc2ccccc2)c(OC)c1OC. The van der Waals surface area contributed by atoms with Gasteiger partial charge in [0.1, 0.15) is 11.3 Å². The maximum atomic E-state index is 12.5. The summed E-state index contributed by atoms with van der Waals surface area (Å²) in [6.07, 6.45) is 0.153. The topological polar surface area (TPSA) is 65.0 Å². The minimum absolute atomic E-state index is 0.0870. The molecule has 0 aromatic heterocycles. The molecule has 0 amide bonds. The van der Waals surface area contributed by atoms with E-state index in [4.69, 9.17) is 14.2 Å². The molecule has 22 heavy (non-hydrogen) atoms. The van der Waals surface area contributed by atoms with E-state index in [1.54, 1.807) is 0 Å². The summed E-state index contributed by atoms with van der Waals surface area (Å²) in [4.78, 5) is 12.5. The quantitative estimate of drug-likeness (QED) is 0.831. The minimum Gasteiger partial charge on any atom is -0.507 e. The van der Waals surface area contributed by atoms with E-state index in [1.165, 1.54) is 27.4 Å². The molecule has 2 aromatic rings. The molecule has 2 rings (SSSR count). The molecule has 1 N–H and O–H groups in total. The highest BCUT2D eigenvalue weighted by molar-refractivity contribution is 6.03. The Labute approximate surface area is 129 Å². The second kappa shape index (κ2) is 6.85. The van der Waals surface area contributed by atoms with Crippen molar-refractivity contribution in [1.29, 1.82) is 0 Å². The van der Waals surface area contributed by atoms with Crippen LogP contribution in [0.1, 0.15) is 15.9 Å². The molecule has 0 unspecified atom stereocenters. The van der Waals surface area contributed by atoms with E-state index >= 15 is 0 Å². The zero-order valence-corrected chi connectivity index (χ0v) is 12.8. The van der Waals surface area contributed by atoms with Gasteiger partial charge in [-0.1, -0.05) is 30.3 Å². The third-order valence-electron chi connectivity index (χ3n) is 3.30. The van der Waals surface area contributed by atoms with Crippen molar-refractivity contribution in [3.05, 3.63) is 47.5 Å². The zero-order valence-electron chi connectivity index (χ0n) is 12.8. The van der Waals surface area contributed by atoms with E-state index in [1.807, 2.05) is 30.3 Å². The number of carbonyl (C=O) groups is 1. The van der Waals surface area contributed by atoms with Gasteiger partial charge < -0.3 is 19.3 Å². The highest BCUT2D eigenvalue weighted by Crippen LogP contribution is 2.45. The van der Waals surface area contributed by atoms with Crippen LogP contribution in [0.2, 0.25) is 0 Å².